The normalized spacial score (nSPS) is 11.5. The number of pyridine rings is 2. The third-order valence-corrected chi connectivity index (χ3v) is 6.64. The van der Waals surface area contributed by atoms with Crippen LogP contribution in [0.3, 0.4) is 0 Å². The molecule has 0 N–H and O–H groups in total. The first-order valence-corrected chi connectivity index (χ1v) is 11.5. The zero-order valence-corrected chi connectivity index (χ0v) is 18.4. The van der Waals surface area contributed by atoms with Gasteiger partial charge in [-0.25, -0.2) is 9.97 Å². The monoisotopic (exact) mass is 432 g/mol. The molecule has 0 saturated heterocycles. The van der Waals surface area contributed by atoms with Crippen LogP contribution < -0.4 is 0 Å². The molecule has 2 aromatic heterocycles. The number of fused-ring (bicyclic) bond motifs is 4. The van der Waals surface area contributed by atoms with E-state index >= 15 is 0 Å². The van der Waals surface area contributed by atoms with E-state index in [1.54, 1.807) is 0 Å². The second-order valence-corrected chi connectivity index (χ2v) is 8.59. The van der Waals surface area contributed by atoms with E-state index in [0.29, 0.717) is 0 Å². The van der Waals surface area contributed by atoms with Crippen LogP contribution in [-0.4, -0.2) is 9.97 Å². The maximum Gasteiger partial charge on any atom is 0.0715 e. The molecule has 2 heteroatoms. The molecule has 7 rings (SSSR count). The molecule has 0 aliphatic carbocycles. The van der Waals surface area contributed by atoms with Crippen LogP contribution in [0, 0.1) is 0 Å². The van der Waals surface area contributed by atoms with Crippen molar-refractivity contribution in [3.05, 3.63) is 121 Å². The molecule has 0 unspecified atom stereocenters. The Labute approximate surface area is 197 Å². The van der Waals surface area contributed by atoms with Crippen molar-refractivity contribution in [3.8, 4) is 22.3 Å². The van der Waals surface area contributed by atoms with Gasteiger partial charge in [0.15, 0.2) is 0 Å². The summed E-state index contributed by atoms with van der Waals surface area (Å²) in [4.78, 5) is 9.91. The Morgan fingerprint density at radius 2 is 0.559 bits per heavy atom. The Morgan fingerprint density at radius 3 is 0.882 bits per heavy atom. The highest BCUT2D eigenvalue weighted by atomic mass is 14.7. The molecule has 0 spiro atoms. The topological polar surface area (TPSA) is 25.8 Å². The fourth-order valence-electron chi connectivity index (χ4n) is 5.18. The van der Waals surface area contributed by atoms with E-state index in [1.807, 2.05) is 0 Å². The molecule has 0 radical (unpaired) electrons. The Hall–Kier alpha value is -4.56. The van der Waals surface area contributed by atoms with Crippen molar-refractivity contribution in [2.24, 2.45) is 0 Å². The molecule has 0 saturated carbocycles. The highest BCUT2D eigenvalue weighted by Gasteiger charge is 2.18. The number of benzene rings is 5. The summed E-state index contributed by atoms with van der Waals surface area (Å²) in [5, 5.41) is 4.65. The standard InChI is InChI=1S/C32H20N2/c1-2-12-22(32-25-15-5-9-19-29(25)34-30-20-10-6-16-26(30)32)21(11-1)31-23-13-3-7-17-27(23)33-28-18-8-4-14-24(28)31/h1-20H. The minimum absolute atomic E-state index is 1.01. The summed E-state index contributed by atoms with van der Waals surface area (Å²) >= 11 is 0. The number of hydrogen-bond acceptors (Lipinski definition) is 2. The Kier molecular flexibility index (Phi) is 4.18. The van der Waals surface area contributed by atoms with Crippen molar-refractivity contribution in [3.63, 3.8) is 0 Å². The quantitative estimate of drug-likeness (QED) is 0.256. The Balaban J connectivity index is 1.68. The lowest BCUT2D eigenvalue weighted by Gasteiger charge is -2.18. The Morgan fingerprint density at radius 1 is 0.294 bits per heavy atom. The summed E-state index contributed by atoms with van der Waals surface area (Å²) in [5.74, 6) is 0. The summed E-state index contributed by atoms with van der Waals surface area (Å²) in [6.45, 7) is 0. The lowest BCUT2D eigenvalue weighted by atomic mass is 9.87. The van der Waals surface area contributed by atoms with Gasteiger partial charge in [-0.1, -0.05) is 97.1 Å². The first-order chi connectivity index (χ1) is 16.9. The second kappa shape index (κ2) is 7.50. The molecule has 2 heterocycles. The van der Waals surface area contributed by atoms with Crippen LogP contribution in [-0.2, 0) is 0 Å². The van der Waals surface area contributed by atoms with Crippen molar-refractivity contribution in [1.82, 2.24) is 9.97 Å². The first kappa shape index (κ1) is 19.0. The van der Waals surface area contributed by atoms with E-state index in [1.165, 1.54) is 22.3 Å². The van der Waals surface area contributed by atoms with Gasteiger partial charge in [0.1, 0.15) is 0 Å². The van der Waals surface area contributed by atoms with E-state index in [2.05, 4.69) is 121 Å². The van der Waals surface area contributed by atoms with Crippen molar-refractivity contribution in [2.75, 3.05) is 0 Å². The van der Waals surface area contributed by atoms with Gasteiger partial charge in [0, 0.05) is 32.7 Å². The van der Waals surface area contributed by atoms with E-state index in [4.69, 9.17) is 9.97 Å². The van der Waals surface area contributed by atoms with Gasteiger partial charge in [-0.3, -0.25) is 0 Å². The summed E-state index contributed by atoms with van der Waals surface area (Å²) < 4.78 is 0. The number of rotatable bonds is 2. The lowest BCUT2D eigenvalue weighted by Crippen LogP contribution is -1.94. The molecule has 2 nitrogen and oxygen atoms in total. The smallest absolute Gasteiger partial charge is 0.0715 e. The van der Waals surface area contributed by atoms with E-state index < -0.39 is 0 Å². The number of aromatic nitrogens is 2. The highest BCUT2D eigenvalue weighted by Crippen LogP contribution is 2.43. The fourth-order valence-corrected chi connectivity index (χ4v) is 5.18. The van der Waals surface area contributed by atoms with Gasteiger partial charge in [0.25, 0.3) is 0 Å². The van der Waals surface area contributed by atoms with Gasteiger partial charge in [-0.2, -0.15) is 0 Å². The van der Waals surface area contributed by atoms with Gasteiger partial charge in [0.05, 0.1) is 22.1 Å². The number of para-hydroxylation sites is 4. The summed E-state index contributed by atoms with van der Waals surface area (Å²) in [7, 11) is 0. The van der Waals surface area contributed by atoms with Gasteiger partial charge < -0.3 is 0 Å². The summed E-state index contributed by atoms with van der Waals surface area (Å²) in [6.07, 6.45) is 0. The SMILES string of the molecule is c1ccc(-c2c3ccccc3nc3ccccc23)c(-c2c3ccccc3nc3ccccc23)c1. The maximum absolute atomic E-state index is 4.96. The summed E-state index contributed by atoms with van der Waals surface area (Å²) in [5.41, 5.74) is 8.90. The number of hydrogen-bond donors (Lipinski definition) is 0. The van der Waals surface area contributed by atoms with Crippen LogP contribution in [0.5, 0.6) is 0 Å². The van der Waals surface area contributed by atoms with Gasteiger partial charge in [0.2, 0.25) is 0 Å². The summed E-state index contributed by atoms with van der Waals surface area (Å²) in [6, 6.07) is 42.5. The van der Waals surface area contributed by atoms with Crippen molar-refractivity contribution in [1.29, 1.82) is 0 Å². The molecular weight excluding hydrogens is 412 g/mol. The third-order valence-electron chi connectivity index (χ3n) is 6.64. The highest BCUT2D eigenvalue weighted by molar-refractivity contribution is 6.16. The minimum atomic E-state index is 1.01. The van der Waals surface area contributed by atoms with Crippen molar-refractivity contribution in [2.45, 2.75) is 0 Å². The first-order valence-electron chi connectivity index (χ1n) is 11.5. The largest absolute Gasteiger partial charge is 0.248 e. The predicted molar refractivity (Wildman–Crippen MR) is 143 cm³/mol. The van der Waals surface area contributed by atoms with Crippen LogP contribution >= 0.6 is 0 Å². The van der Waals surface area contributed by atoms with Crippen LogP contribution in [0.1, 0.15) is 0 Å². The molecule has 158 valence electrons. The molecule has 0 atom stereocenters. The lowest BCUT2D eigenvalue weighted by molar-refractivity contribution is 1.49. The maximum atomic E-state index is 4.96. The van der Waals surface area contributed by atoms with Crippen LogP contribution in [0.2, 0.25) is 0 Å². The molecule has 7 aromatic rings. The molecular formula is C32H20N2. The van der Waals surface area contributed by atoms with E-state index in [9.17, 15) is 0 Å². The van der Waals surface area contributed by atoms with E-state index in [-0.39, 0.29) is 0 Å². The van der Waals surface area contributed by atoms with Crippen molar-refractivity contribution < 1.29 is 0 Å². The Bertz CT molecular complexity index is 1620. The molecule has 0 bridgehead atoms. The average Bonchev–Trinajstić information content (AvgIpc) is 2.90. The molecule has 0 fully saturated rings. The average molecular weight is 433 g/mol. The minimum Gasteiger partial charge on any atom is -0.248 e. The zero-order chi connectivity index (χ0) is 22.5. The van der Waals surface area contributed by atoms with Gasteiger partial charge in [-0.05, 0) is 35.4 Å². The third kappa shape index (κ3) is 2.82. The predicted octanol–water partition coefficient (Wildman–Crippen LogP) is 8.42. The van der Waals surface area contributed by atoms with Gasteiger partial charge >= 0.3 is 0 Å². The second-order valence-electron chi connectivity index (χ2n) is 8.59. The zero-order valence-electron chi connectivity index (χ0n) is 18.4. The van der Waals surface area contributed by atoms with Crippen LogP contribution in [0.15, 0.2) is 121 Å². The molecule has 0 amide bonds. The molecule has 0 aliphatic rings. The van der Waals surface area contributed by atoms with Gasteiger partial charge in [-0.15, -0.1) is 0 Å². The molecule has 0 aliphatic heterocycles. The fraction of sp³-hybridized carbons (Fsp3) is 0. The van der Waals surface area contributed by atoms with Crippen LogP contribution in [0.25, 0.3) is 65.9 Å². The van der Waals surface area contributed by atoms with Crippen molar-refractivity contribution >= 4 is 43.6 Å². The molecule has 34 heavy (non-hydrogen) atoms. The van der Waals surface area contributed by atoms with E-state index in [0.717, 1.165) is 43.6 Å². The molecule has 5 aromatic carbocycles. The van der Waals surface area contributed by atoms with Crippen LogP contribution in [0.4, 0.5) is 0 Å². The number of nitrogens with zero attached hydrogens (tertiary/aromatic N) is 2.